The Morgan fingerprint density at radius 2 is 2.06 bits per heavy atom. The van der Waals surface area contributed by atoms with Gasteiger partial charge in [0.25, 0.3) is 0 Å². The number of imidazole rings is 1. The predicted molar refractivity (Wildman–Crippen MR) is 133 cm³/mol. The fourth-order valence-corrected chi connectivity index (χ4v) is 5.47. The van der Waals surface area contributed by atoms with E-state index >= 15 is 0 Å². The number of nitriles is 1. The smallest absolute Gasteiger partial charge is 0.240 e. The molecule has 0 saturated heterocycles. The molecule has 178 valence electrons. The van der Waals surface area contributed by atoms with Crippen LogP contribution in [0, 0.1) is 11.3 Å². The summed E-state index contributed by atoms with van der Waals surface area (Å²) in [6.45, 7) is 8.03. The Bertz CT molecular complexity index is 1460. The number of hydrogen-bond acceptors (Lipinski definition) is 6. The number of hydrogen-bond donors (Lipinski definition) is 1. The van der Waals surface area contributed by atoms with Crippen molar-refractivity contribution in [3.8, 4) is 17.2 Å². The first-order chi connectivity index (χ1) is 16.2. The average Bonchev–Trinajstić information content (AvgIpc) is 3.41. The topological polar surface area (TPSA) is 114 Å². The molecule has 1 aromatic carbocycles. The zero-order valence-electron chi connectivity index (χ0n) is 19.5. The molecule has 0 amide bonds. The maximum atomic E-state index is 12.7. The lowest BCUT2D eigenvalue weighted by Crippen LogP contribution is -2.24. The van der Waals surface area contributed by atoms with E-state index in [4.69, 9.17) is 10.00 Å². The second-order valence-electron chi connectivity index (χ2n) is 9.28. The number of sulfonamides is 1. The second kappa shape index (κ2) is 9.67. The quantitative estimate of drug-likeness (QED) is 0.263. The molecule has 0 aliphatic carbocycles. The Labute approximate surface area is 200 Å². The van der Waals surface area contributed by atoms with Crippen LogP contribution in [0.2, 0.25) is 25.7 Å². The van der Waals surface area contributed by atoms with Crippen LogP contribution in [0.1, 0.15) is 6.42 Å². The van der Waals surface area contributed by atoms with E-state index in [1.165, 1.54) is 0 Å². The standard InChI is InChI=1S/C23H28N6O3SSi/c1-34(2,3)13-12-32-17-28-16-20(22-23(28)26-15-21-25-10-11-29(21)22)18-6-4-7-19(14-18)33(30,31)27-9-5-8-24/h4,6-7,10-11,14-16,27H,5,9,12-13,17H2,1-3H3. The van der Waals surface area contributed by atoms with E-state index in [2.05, 4.69) is 34.3 Å². The number of fused-ring (bicyclic) bond motifs is 3. The van der Waals surface area contributed by atoms with Crippen LogP contribution >= 0.6 is 0 Å². The minimum atomic E-state index is -3.74. The van der Waals surface area contributed by atoms with Gasteiger partial charge in [-0.25, -0.2) is 23.1 Å². The molecule has 1 N–H and O–H groups in total. The summed E-state index contributed by atoms with van der Waals surface area (Å²) in [7, 11) is -4.94. The highest BCUT2D eigenvalue weighted by Gasteiger charge is 2.19. The van der Waals surface area contributed by atoms with Crippen molar-refractivity contribution in [2.45, 2.75) is 43.7 Å². The van der Waals surface area contributed by atoms with Crippen LogP contribution in [0.5, 0.6) is 0 Å². The van der Waals surface area contributed by atoms with Crippen molar-refractivity contribution in [1.29, 1.82) is 5.26 Å². The Balaban J connectivity index is 1.74. The summed E-state index contributed by atoms with van der Waals surface area (Å²) in [5.41, 5.74) is 3.82. The molecule has 0 fully saturated rings. The molecule has 4 rings (SSSR count). The molecule has 34 heavy (non-hydrogen) atoms. The van der Waals surface area contributed by atoms with Gasteiger partial charge in [0.05, 0.1) is 22.7 Å². The molecule has 4 aromatic rings. The van der Waals surface area contributed by atoms with Crippen LogP contribution in [0.15, 0.2) is 53.9 Å². The van der Waals surface area contributed by atoms with Gasteiger partial charge < -0.3 is 9.30 Å². The fraction of sp³-hybridized carbons (Fsp3) is 0.348. The highest BCUT2D eigenvalue weighted by molar-refractivity contribution is 7.89. The van der Waals surface area contributed by atoms with E-state index in [1.807, 2.05) is 33.5 Å². The normalized spacial score (nSPS) is 12.4. The maximum absolute atomic E-state index is 12.7. The van der Waals surface area contributed by atoms with Gasteiger partial charge in [0.1, 0.15) is 6.73 Å². The number of ether oxygens (including phenoxy) is 1. The lowest BCUT2D eigenvalue weighted by Gasteiger charge is -2.15. The molecule has 0 aliphatic heterocycles. The summed E-state index contributed by atoms with van der Waals surface area (Å²) < 4.78 is 37.8. The van der Waals surface area contributed by atoms with E-state index in [0.29, 0.717) is 19.0 Å². The van der Waals surface area contributed by atoms with Crippen molar-refractivity contribution in [1.82, 2.24) is 23.7 Å². The first-order valence-electron chi connectivity index (χ1n) is 11.1. The van der Waals surface area contributed by atoms with Gasteiger partial charge in [0.15, 0.2) is 11.3 Å². The van der Waals surface area contributed by atoms with E-state index in [0.717, 1.165) is 28.3 Å². The number of nitrogens with one attached hydrogen (secondary N) is 1. The van der Waals surface area contributed by atoms with Crippen molar-refractivity contribution in [3.05, 3.63) is 49.1 Å². The largest absolute Gasteiger partial charge is 0.361 e. The van der Waals surface area contributed by atoms with Gasteiger partial charge in [-0.15, -0.1) is 0 Å². The average molecular weight is 497 g/mol. The van der Waals surface area contributed by atoms with E-state index in [1.54, 1.807) is 30.6 Å². The van der Waals surface area contributed by atoms with Crippen molar-refractivity contribution in [2.24, 2.45) is 0 Å². The van der Waals surface area contributed by atoms with Crippen LogP contribution in [0.3, 0.4) is 0 Å². The number of nitrogens with zero attached hydrogens (tertiary/aromatic N) is 5. The third-order valence-corrected chi connectivity index (χ3v) is 8.61. The zero-order chi connectivity index (χ0) is 24.3. The van der Waals surface area contributed by atoms with E-state index in [9.17, 15) is 8.42 Å². The highest BCUT2D eigenvalue weighted by atomic mass is 32.2. The monoisotopic (exact) mass is 496 g/mol. The molecule has 0 saturated carbocycles. The molecule has 0 aliphatic rings. The summed E-state index contributed by atoms with van der Waals surface area (Å²) in [5.74, 6) is 0. The highest BCUT2D eigenvalue weighted by Crippen LogP contribution is 2.31. The van der Waals surface area contributed by atoms with Gasteiger partial charge in [-0.2, -0.15) is 5.26 Å². The first kappa shape index (κ1) is 24.1. The third kappa shape index (κ3) is 5.20. The summed E-state index contributed by atoms with van der Waals surface area (Å²) in [5, 5.41) is 8.71. The van der Waals surface area contributed by atoms with Crippen molar-refractivity contribution < 1.29 is 13.2 Å². The lowest BCUT2D eigenvalue weighted by atomic mass is 10.1. The predicted octanol–water partition coefficient (Wildman–Crippen LogP) is 3.86. The van der Waals surface area contributed by atoms with Crippen LogP contribution < -0.4 is 4.72 Å². The minimum absolute atomic E-state index is 0.0662. The van der Waals surface area contributed by atoms with E-state index in [-0.39, 0.29) is 17.9 Å². The minimum Gasteiger partial charge on any atom is -0.361 e. The van der Waals surface area contributed by atoms with Gasteiger partial charge in [-0.1, -0.05) is 31.8 Å². The molecule has 11 heteroatoms. The zero-order valence-corrected chi connectivity index (χ0v) is 21.3. The molecule has 0 bridgehead atoms. The lowest BCUT2D eigenvalue weighted by molar-refractivity contribution is 0.0899. The molecule has 0 atom stereocenters. The van der Waals surface area contributed by atoms with Gasteiger partial charge in [0.2, 0.25) is 10.0 Å². The molecule has 3 aromatic heterocycles. The van der Waals surface area contributed by atoms with Gasteiger partial charge in [0, 0.05) is 51.8 Å². The van der Waals surface area contributed by atoms with Crippen LogP contribution in [0.25, 0.3) is 27.9 Å². The Morgan fingerprint density at radius 1 is 1.24 bits per heavy atom. The summed E-state index contributed by atoms with van der Waals surface area (Å²) in [6, 6.07) is 9.77. The van der Waals surface area contributed by atoms with Gasteiger partial charge >= 0.3 is 0 Å². The number of rotatable bonds is 10. The Hall–Kier alpha value is -3.04. The van der Waals surface area contributed by atoms with Crippen LogP contribution in [-0.2, 0) is 21.5 Å². The van der Waals surface area contributed by atoms with Crippen LogP contribution in [0.4, 0.5) is 0 Å². The van der Waals surface area contributed by atoms with Crippen molar-refractivity contribution >= 4 is 34.9 Å². The molecule has 9 nitrogen and oxygen atoms in total. The Kier molecular flexibility index (Phi) is 6.86. The fourth-order valence-electron chi connectivity index (χ4n) is 3.63. The number of benzene rings is 1. The summed E-state index contributed by atoms with van der Waals surface area (Å²) in [4.78, 5) is 9.11. The molecular weight excluding hydrogens is 468 g/mol. The second-order valence-corrected chi connectivity index (χ2v) is 16.7. The van der Waals surface area contributed by atoms with Gasteiger partial charge in [-0.05, 0) is 23.7 Å². The molecular formula is C23H28N6O3SSi. The summed E-state index contributed by atoms with van der Waals surface area (Å²) in [6.07, 6.45) is 7.34. The van der Waals surface area contributed by atoms with Crippen molar-refractivity contribution in [3.63, 3.8) is 0 Å². The third-order valence-electron chi connectivity index (χ3n) is 5.45. The maximum Gasteiger partial charge on any atom is 0.240 e. The number of aromatic nitrogens is 4. The van der Waals surface area contributed by atoms with Crippen LogP contribution in [-0.4, -0.2) is 48.6 Å². The van der Waals surface area contributed by atoms with E-state index < -0.39 is 18.1 Å². The Morgan fingerprint density at radius 3 is 2.82 bits per heavy atom. The molecule has 0 spiro atoms. The SMILES string of the molecule is C[Si](C)(C)CCOCn1cc(-c2cccc(S(=O)(=O)NCCC#N)c2)c2c1ncc1nccn12. The van der Waals surface area contributed by atoms with Crippen molar-refractivity contribution in [2.75, 3.05) is 13.2 Å². The van der Waals surface area contributed by atoms with Gasteiger partial charge in [-0.3, -0.25) is 4.40 Å². The summed E-state index contributed by atoms with van der Waals surface area (Å²) >= 11 is 0. The first-order valence-corrected chi connectivity index (χ1v) is 16.2. The molecule has 0 radical (unpaired) electrons. The molecule has 0 unspecified atom stereocenters. The molecule has 3 heterocycles.